The number of anilines is 1. The molecule has 3 rings (SSSR count). The number of amides is 3. The number of halogens is 2. The van der Waals surface area contributed by atoms with Crippen molar-refractivity contribution >= 4 is 29.2 Å². The number of piperidine rings is 1. The normalized spacial score (nSPS) is 17.6. The quantitative estimate of drug-likeness (QED) is 0.605. The number of urea groups is 1. The highest BCUT2D eigenvalue weighted by Crippen LogP contribution is 2.31. The topological polar surface area (TPSA) is 79.9 Å². The second kappa shape index (κ2) is 13.0. The van der Waals surface area contributed by atoms with Gasteiger partial charge in [-0.3, -0.25) is 4.79 Å². The summed E-state index contributed by atoms with van der Waals surface area (Å²) in [6, 6.07) is 10.2. The van der Waals surface area contributed by atoms with E-state index < -0.39 is 23.8 Å². The molecule has 1 aliphatic rings. The maximum Gasteiger partial charge on any atom is 0.319 e. The van der Waals surface area contributed by atoms with Crippen LogP contribution in [0.4, 0.5) is 14.9 Å². The van der Waals surface area contributed by atoms with Gasteiger partial charge < -0.3 is 25.0 Å². The smallest absolute Gasteiger partial charge is 0.319 e. The largest absolute Gasteiger partial charge is 0.497 e. The Morgan fingerprint density at radius 3 is 2.48 bits per heavy atom. The summed E-state index contributed by atoms with van der Waals surface area (Å²) < 4.78 is 25.0. The van der Waals surface area contributed by atoms with Gasteiger partial charge in [-0.2, -0.15) is 0 Å². The average Bonchev–Trinajstić information content (AvgIpc) is 2.81. The Kier molecular flexibility index (Phi) is 10.4. The van der Waals surface area contributed by atoms with Crippen LogP contribution in [0, 0.1) is 5.82 Å². The standard InChI is InChI=1S/C22H25ClFN3O4.C2H6/c1-30-10-9-27-13-18(17-8-7-16(31-2)11-19(17)24)20(12-21(27)28)26-22(29)25-15-5-3-14(23)4-6-15;1-2/h3-8,11,18,20H,9-10,12-13H2,1-2H3,(H2,25,26,29);1-2H3. The van der Waals surface area contributed by atoms with E-state index in [2.05, 4.69) is 10.6 Å². The highest BCUT2D eigenvalue weighted by Gasteiger charge is 2.37. The fourth-order valence-corrected chi connectivity index (χ4v) is 3.74. The molecular formula is C24H31ClFN3O4. The molecule has 1 fully saturated rings. The molecule has 1 aliphatic heterocycles. The molecule has 0 saturated carbocycles. The molecule has 0 aromatic heterocycles. The molecule has 2 atom stereocenters. The lowest BCUT2D eigenvalue weighted by Gasteiger charge is -2.39. The number of carbonyl (C=O) groups is 2. The van der Waals surface area contributed by atoms with Crippen LogP contribution in [-0.4, -0.2) is 56.8 Å². The van der Waals surface area contributed by atoms with Crippen molar-refractivity contribution in [2.75, 3.05) is 39.2 Å². The number of nitrogens with one attached hydrogen (secondary N) is 2. The monoisotopic (exact) mass is 479 g/mol. The summed E-state index contributed by atoms with van der Waals surface area (Å²) in [5.41, 5.74) is 0.963. The molecule has 2 aromatic rings. The van der Waals surface area contributed by atoms with E-state index in [1.54, 1.807) is 48.4 Å². The molecule has 0 bridgehead atoms. The van der Waals surface area contributed by atoms with Crippen LogP contribution >= 0.6 is 11.6 Å². The van der Waals surface area contributed by atoms with Crippen molar-refractivity contribution in [3.63, 3.8) is 0 Å². The van der Waals surface area contributed by atoms with E-state index >= 15 is 0 Å². The van der Waals surface area contributed by atoms with E-state index in [-0.39, 0.29) is 18.9 Å². The molecular weight excluding hydrogens is 449 g/mol. The van der Waals surface area contributed by atoms with E-state index in [0.717, 1.165) is 0 Å². The number of likely N-dealkylation sites (tertiary alicyclic amines) is 1. The number of nitrogens with zero attached hydrogens (tertiary/aromatic N) is 1. The Balaban J connectivity index is 0.00000187. The number of ether oxygens (including phenoxy) is 2. The molecule has 3 amide bonds. The minimum atomic E-state index is -0.582. The number of hydrogen-bond donors (Lipinski definition) is 2. The molecule has 2 aromatic carbocycles. The number of rotatable bonds is 7. The molecule has 1 heterocycles. The van der Waals surface area contributed by atoms with E-state index in [1.165, 1.54) is 13.2 Å². The zero-order valence-corrected chi connectivity index (χ0v) is 20.1. The molecule has 33 heavy (non-hydrogen) atoms. The number of carbonyl (C=O) groups excluding carboxylic acids is 2. The van der Waals surface area contributed by atoms with Crippen molar-refractivity contribution in [3.8, 4) is 5.75 Å². The molecule has 0 radical (unpaired) electrons. The summed E-state index contributed by atoms with van der Waals surface area (Å²) in [6.45, 7) is 5.03. The van der Waals surface area contributed by atoms with Crippen molar-refractivity contribution in [1.82, 2.24) is 10.2 Å². The Morgan fingerprint density at radius 1 is 1.18 bits per heavy atom. The predicted octanol–water partition coefficient (Wildman–Crippen LogP) is 4.67. The maximum atomic E-state index is 14.8. The fourth-order valence-electron chi connectivity index (χ4n) is 3.61. The maximum absolute atomic E-state index is 14.8. The third-order valence-corrected chi connectivity index (χ3v) is 5.49. The van der Waals surface area contributed by atoms with Crippen LogP contribution in [0.25, 0.3) is 0 Å². The summed E-state index contributed by atoms with van der Waals surface area (Å²) in [5.74, 6) is -0.611. The molecule has 9 heteroatoms. The Bertz CT molecular complexity index is 926. The summed E-state index contributed by atoms with van der Waals surface area (Å²) >= 11 is 5.87. The predicted molar refractivity (Wildman–Crippen MR) is 128 cm³/mol. The molecule has 2 N–H and O–H groups in total. The molecule has 2 unspecified atom stereocenters. The molecule has 1 saturated heterocycles. The van der Waals surface area contributed by atoms with Crippen LogP contribution in [0.2, 0.25) is 5.02 Å². The minimum Gasteiger partial charge on any atom is -0.497 e. The van der Waals surface area contributed by atoms with E-state index in [9.17, 15) is 14.0 Å². The van der Waals surface area contributed by atoms with Crippen molar-refractivity contribution in [3.05, 3.63) is 58.9 Å². The highest BCUT2D eigenvalue weighted by molar-refractivity contribution is 6.30. The zero-order valence-electron chi connectivity index (χ0n) is 19.4. The lowest BCUT2D eigenvalue weighted by atomic mass is 9.85. The van der Waals surface area contributed by atoms with Gasteiger partial charge in [0.2, 0.25) is 5.91 Å². The number of hydrogen-bond acceptors (Lipinski definition) is 4. The average molecular weight is 480 g/mol. The SMILES string of the molecule is CC.COCCN1CC(c2ccc(OC)cc2F)C(NC(=O)Nc2ccc(Cl)cc2)CC1=O. The highest BCUT2D eigenvalue weighted by atomic mass is 35.5. The van der Waals surface area contributed by atoms with Crippen molar-refractivity contribution in [2.24, 2.45) is 0 Å². The van der Waals surface area contributed by atoms with E-state index in [1.807, 2.05) is 13.8 Å². The van der Waals surface area contributed by atoms with Crippen LogP contribution in [0.15, 0.2) is 42.5 Å². The van der Waals surface area contributed by atoms with Crippen molar-refractivity contribution < 1.29 is 23.5 Å². The van der Waals surface area contributed by atoms with Crippen LogP contribution in [0.1, 0.15) is 31.7 Å². The lowest BCUT2D eigenvalue weighted by Crippen LogP contribution is -2.53. The Labute approximate surface area is 199 Å². The Morgan fingerprint density at radius 2 is 1.88 bits per heavy atom. The van der Waals surface area contributed by atoms with Crippen LogP contribution in [0.3, 0.4) is 0 Å². The van der Waals surface area contributed by atoms with Crippen molar-refractivity contribution in [1.29, 1.82) is 0 Å². The second-order valence-corrected chi connectivity index (χ2v) is 7.68. The third-order valence-electron chi connectivity index (χ3n) is 5.24. The first kappa shape index (κ1) is 26.4. The van der Waals surface area contributed by atoms with Crippen LogP contribution in [-0.2, 0) is 9.53 Å². The number of methoxy groups -OCH3 is 2. The van der Waals surface area contributed by atoms with Crippen molar-refractivity contribution in [2.45, 2.75) is 32.2 Å². The zero-order chi connectivity index (χ0) is 24.4. The van der Waals surface area contributed by atoms with Gasteiger partial charge in [-0.05, 0) is 35.9 Å². The second-order valence-electron chi connectivity index (χ2n) is 7.24. The van der Waals surface area contributed by atoms with Gasteiger partial charge in [-0.1, -0.05) is 31.5 Å². The first-order valence-electron chi connectivity index (χ1n) is 10.8. The van der Waals surface area contributed by atoms with Gasteiger partial charge in [-0.25, -0.2) is 9.18 Å². The van der Waals surface area contributed by atoms with Gasteiger partial charge in [0, 0.05) is 55.4 Å². The van der Waals surface area contributed by atoms with E-state index in [4.69, 9.17) is 21.1 Å². The van der Waals surface area contributed by atoms with Gasteiger partial charge >= 0.3 is 6.03 Å². The van der Waals surface area contributed by atoms with Gasteiger partial charge in [0.15, 0.2) is 0 Å². The van der Waals surface area contributed by atoms with Gasteiger partial charge in [0.05, 0.1) is 13.7 Å². The summed E-state index contributed by atoms with van der Waals surface area (Å²) in [5, 5.41) is 6.10. The van der Waals surface area contributed by atoms with Crippen LogP contribution < -0.4 is 15.4 Å². The molecule has 0 aliphatic carbocycles. The minimum absolute atomic E-state index is 0.0495. The molecule has 0 spiro atoms. The molecule has 180 valence electrons. The Hall–Kier alpha value is -2.84. The van der Waals surface area contributed by atoms with Gasteiger partial charge in [-0.15, -0.1) is 0 Å². The van der Waals surface area contributed by atoms with Crippen LogP contribution in [0.5, 0.6) is 5.75 Å². The first-order chi connectivity index (χ1) is 15.9. The summed E-state index contributed by atoms with van der Waals surface area (Å²) in [4.78, 5) is 26.8. The number of benzene rings is 2. The first-order valence-corrected chi connectivity index (χ1v) is 11.2. The van der Waals surface area contributed by atoms with E-state index in [0.29, 0.717) is 35.2 Å². The lowest BCUT2D eigenvalue weighted by molar-refractivity contribution is -0.135. The van der Waals surface area contributed by atoms with Gasteiger partial charge in [0.25, 0.3) is 0 Å². The third kappa shape index (κ3) is 7.33. The molecule has 7 nitrogen and oxygen atoms in total. The van der Waals surface area contributed by atoms with Gasteiger partial charge in [0.1, 0.15) is 11.6 Å². The summed E-state index contributed by atoms with van der Waals surface area (Å²) in [6.07, 6.45) is 0.0495. The summed E-state index contributed by atoms with van der Waals surface area (Å²) in [7, 11) is 3.02. The fraction of sp³-hybridized carbons (Fsp3) is 0.417.